The van der Waals surface area contributed by atoms with Gasteiger partial charge in [0.05, 0.1) is 24.8 Å². The highest BCUT2D eigenvalue weighted by Crippen LogP contribution is 2.62. The molecule has 2 nitrogen and oxygen atoms in total. The Balaban J connectivity index is 1.02. The Bertz CT molecular complexity index is 3040. The molecular weight excluding hydrogens is 735 g/mol. The molecule has 0 fully saturated rings. The summed E-state index contributed by atoms with van der Waals surface area (Å²) in [6, 6.07) is 66.6. The van der Waals surface area contributed by atoms with Crippen molar-refractivity contribution < 1.29 is 4.74 Å². The number of hydrogen-bond acceptors (Lipinski definition) is 4. The van der Waals surface area contributed by atoms with Crippen molar-refractivity contribution in [2.45, 2.75) is 10.3 Å². The first kappa shape index (κ1) is 32.2. The van der Waals surface area contributed by atoms with Crippen molar-refractivity contribution in [3.63, 3.8) is 0 Å². The van der Waals surface area contributed by atoms with Crippen LogP contribution >= 0.6 is 23.1 Å². The maximum atomic E-state index is 6.59. The van der Waals surface area contributed by atoms with Crippen molar-refractivity contribution in [1.29, 1.82) is 0 Å². The predicted molar refractivity (Wildman–Crippen MR) is 235 cm³/mol. The molecule has 0 amide bonds. The summed E-state index contributed by atoms with van der Waals surface area (Å²) in [7, 11) is 0.639. The Kier molecular flexibility index (Phi) is 7.15. The second kappa shape index (κ2) is 12.5. The summed E-state index contributed by atoms with van der Waals surface area (Å²) < 4.78 is 9.21. The fraction of sp³-hybridized carbons (Fsp3) is 0.0196. The van der Waals surface area contributed by atoms with Crippen molar-refractivity contribution in [3.8, 4) is 55.5 Å². The number of hydrogen-bond donors (Lipinski definition) is 0. The molecule has 0 N–H and O–H groups in total. The van der Waals surface area contributed by atoms with E-state index in [1.807, 2.05) is 11.8 Å². The molecule has 9 aromatic rings. The summed E-state index contributed by atoms with van der Waals surface area (Å²) in [6.07, 6.45) is 0. The maximum Gasteiger partial charge on any atom is 0.132 e. The Morgan fingerprint density at radius 1 is 0.464 bits per heavy atom. The number of ether oxygens (including phenoxy) is 1. The summed E-state index contributed by atoms with van der Waals surface area (Å²) in [5.74, 6) is 1.82. The van der Waals surface area contributed by atoms with Crippen molar-refractivity contribution in [2.75, 3.05) is 0 Å². The number of nitrogens with zero attached hydrogens (tertiary/aromatic N) is 1. The highest BCUT2D eigenvalue weighted by molar-refractivity contribution is 8.17. The van der Waals surface area contributed by atoms with Crippen LogP contribution in [0.4, 0.5) is 0 Å². The molecule has 56 heavy (non-hydrogen) atoms. The summed E-state index contributed by atoms with van der Waals surface area (Å²) in [6.45, 7) is 0. The molecule has 12 rings (SSSR count). The fourth-order valence-electron chi connectivity index (χ4n) is 9.00. The molecule has 1 aromatic heterocycles. The van der Waals surface area contributed by atoms with Crippen LogP contribution in [0.5, 0.6) is 11.5 Å². The second-order valence-electron chi connectivity index (χ2n) is 14.6. The van der Waals surface area contributed by atoms with Gasteiger partial charge in [0.1, 0.15) is 16.5 Å². The monoisotopic (exact) mass is 764 g/mol. The Morgan fingerprint density at radius 2 is 1.09 bits per heavy atom. The maximum absolute atomic E-state index is 6.59. The minimum Gasteiger partial charge on any atom is -0.457 e. The Hall–Kier alpha value is -6.11. The van der Waals surface area contributed by atoms with Crippen LogP contribution in [-0.2, 0) is 5.41 Å². The van der Waals surface area contributed by atoms with E-state index in [9.17, 15) is 0 Å². The largest absolute Gasteiger partial charge is 0.457 e. The average Bonchev–Trinajstić information content (AvgIpc) is 3.97. The van der Waals surface area contributed by atoms with Gasteiger partial charge >= 0.3 is 0 Å². The molecule has 1 spiro atoms. The molecule has 3 heterocycles. The van der Waals surface area contributed by atoms with Crippen molar-refractivity contribution >= 4 is 52.1 Å². The summed E-state index contributed by atoms with van der Waals surface area (Å²) >= 11 is 3.68. The first-order valence-electron chi connectivity index (χ1n) is 18.9. The molecular formula is C51H30NOS2Si. The number of para-hydroxylation sites is 3. The molecule has 2 aliphatic heterocycles. The molecule has 0 saturated heterocycles. The van der Waals surface area contributed by atoms with Gasteiger partial charge in [-0.1, -0.05) is 133 Å². The van der Waals surface area contributed by atoms with E-state index in [2.05, 4.69) is 182 Å². The van der Waals surface area contributed by atoms with Gasteiger partial charge in [-0.25, -0.2) is 4.98 Å². The fourth-order valence-corrected chi connectivity index (χ4v) is 12.8. The van der Waals surface area contributed by atoms with Crippen LogP contribution in [0, 0.1) is 0 Å². The normalized spacial score (nSPS) is 14.0. The molecule has 0 atom stereocenters. The van der Waals surface area contributed by atoms with E-state index in [1.54, 1.807) is 11.3 Å². The first-order chi connectivity index (χ1) is 27.7. The third kappa shape index (κ3) is 4.81. The lowest BCUT2D eigenvalue weighted by Crippen LogP contribution is -2.32. The zero-order chi connectivity index (χ0) is 36.8. The smallest absolute Gasteiger partial charge is 0.132 e. The highest BCUT2D eigenvalue weighted by atomic mass is 32.2. The zero-order valence-electron chi connectivity index (χ0n) is 30.0. The van der Waals surface area contributed by atoms with Crippen molar-refractivity contribution in [1.82, 2.24) is 4.98 Å². The molecule has 0 saturated carbocycles. The van der Waals surface area contributed by atoms with Crippen molar-refractivity contribution in [3.05, 3.63) is 210 Å². The molecule has 3 aliphatic rings. The Labute approximate surface area is 335 Å². The van der Waals surface area contributed by atoms with Gasteiger partial charge in [-0.3, -0.25) is 0 Å². The number of thioether (sulfide) groups is 1. The van der Waals surface area contributed by atoms with Gasteiger partial charge in [-0.15, -0.1) is 11.3 Å². The molecule has 1 aliphatic carbocycles. The topological polar surface area (TPSA) is 22.1 Å². The van der Waals surface area contributed by atoms with E-state index in [4.69, 9.17) is 9.72 Å². The number of thiazole rings is 1. The van der Waals surface area contributed by atoms with E-state index in [-0.39, 0.29) is 0 Å². The van der Waals surface area contributed by atoms with E-state index in [0.717, 1.165) is 27.6 Å². The summed E-state index contributed by atoms with van der Waals surface area (Å²) in [4.78, 5) is 6.47. The average molecular weight is 765 g/mol. The van der Waals surface area contributed by atoms with Gasteiger partial charge in [-0.2, -0.15) is 0 Å². The van der Waals surface area contributed by atoms with E-state index < -0.39 is 5.41 Å². The lowest BCUT2D eigenvalue weighted by molar-refractivity contribution is 0.436. The predicted octanol–water partition coefficient (Wildman–Crippen LogP) is 12.4. The van der Waals surface area contributed by atoms with E-state index >= 15 is 0 Å². The van der Waals surface area contributed by atoms with Gasteiger partial charge in [0.15, 0.2) is 0 Å². The second-order valence-corrected chi connectivity index (χ2v) is 18.3. The molecule has 1 radical (unpaired) electrons. The highest BCUT2D eigenvalue weighted by Gasteiger charge is 2.51. The number of benzene rings is 8. The summed E-state index contributed by atoms with van der Waals surface area (Å²) in [5, 5.41) is 2.48. The number of aromatic nitrogens is 1. The quantitative estimate of drug-likeness (QED) is 0.167. The molecule has 0 bridgehead atoms. The SMILES string of the molecule is c1cc(-c2cc(C3=[Si]c4ccccc4S3)cc(-c3nc4ccccc4s3)c2)cc(-c2ccc3c(c2)C2(c4ccccc4Oc4ccccc42)c2ccccc2-3)c1. The molecule has 261 valence electrons. The third-order valence-electron chi connectivity index (χ3n) is 11.5. The minimum absolute atomic E-state index is 0.500. The van der Waals surface area contributed by atoms with Crippen LogP contribution in [0.25, 0.3) is 54.2 Å². The zero-order valence-corrected chi connectivity index (χ0v) is 32.6. The Morgan fingerprint density at radius 3 is 1.91 bits per heavy atom. The van der Waals surface area contributed by atoms with Crippen LogP contribution in [0.15, 0.2) is 187 Å². The lowest BCUT2D eigenvalue weighted by Gasteiger charge is -2.39. The number of fused-ring (bicyclic) bond motifs is 11. The molecule has 0 unspecified atom stereocenters. The minimum atomic E-state index is -0.500. The van der Waals surface area contributed by atoms with Gasteiger partial charge in [0, 0.05) is 26.1 Å². The van der Waals surface area contributed by atoms with Gasteiger partial charge in [0.25, 0.3) is 0 Å². The third-order valence-corrected chi connectivity index (χ3v) is 15.6. The first-order valence-corrected chi connectivity index (χ1v) is 21.5. The van der Waals surface area contributed by atoms with Crippen LogP contribution in [0.3, 0.4) is 0 Å². The lowest BCUT2D eigenvalue weighted by atomic mass is 9.66. The standard InChI is InChI=1S/C51H30NOS2Si/c1-2-15-39-37(14-1)38-25-24-33(30-42(38)51(39)40-16-3-6-19-44(40)53-45-20-7-4-17-41(45)51)31-12-11-13-32(26-31)34-27-35(49-52-43-18-5-8-21-46(43)54-49)29-36(28-34)50-55-47-22-9-10-23-48(47)56-50/h1-30H. The molecule has 8 aromatic carbocycles. The van der Waals surface area contributed by atoms with E-state index in [1.165, 1.54) is 80.5 Å². The van der Waals surface area contributed by atoms with Gasteiger partial charge in [-0.05, 0) is 116 Å². The van der Waals surface area contributed by atoms with Crippen LogP contribution < -0.4 is 9.92 Å². The number of rotatable bonds is 4. The van der Waals surface area contributed by atoms with Crippen molar-refractivity contribution in [2.24, 2.45) is 0 Å². The molecule has 5 heteroatoms. The van der Waals surface area contributed by atoms with Crippen LogP contribution in [0.2, 0.25) is 0 Å². The summed E-state index contributed by atoms with van der Waals surface area (Å²) in [5.41, 5.74) is 15.3. The van der Waals surface area contributed by atoms with Crippen LogP contribution in [0.1, 0.15) is 27.8 Å². The van der Waals surface area contributed by atoms with Gasteiger partial charge < -0.3 is 4.74 Å². The van der Waals surface area contributed by atoms with Crippen LogP contribution in [-0.4, -0.2) is 18.6 Å². The van der Waals surface area contributed by atoms with E-state index in [0.29, 0.717) is 9.13 Å². The van der Waals surface area contributed by atoms with Gasteiger partial charge in [0.2, 0.25) is 0 Å².